The van der Waals surface area contributed by atoms with Crippen molar-refractivity contribution in [3.8, 4) is 0 Å². The van der Waals surface area contributed by atoms with E-state index in [1.165, 1.54) is 31.2 Å². The molecule has 0 spiro atoms. The number of carbonyl (C=O) groups excluding carboxylic acids is 1. The van der Waals surface area contributed by atoms with Crippen molar-refractivity contribution in [2.75, 3.05) is 18.0 Å². The molecule has 0 heterocycles. The Morgan fingerprint density at radius 1 is 1.17 bits per heavy atom. The van der Waals surface area contributed by atoms with Gasteiger partial charge in [0.05, 0.1) is 0 Å². The second-order valence-corrected chi connectivity index (χ2v) is 5.97. The van der Waals surface area contributed by atoms with Gasteiger partial charge in [0, 0.05) is 24.3 Å². The maximum atomic E-state index is 11.3. The van der Waals surface area contributed by atoms with Crippen LogP contribution in [-0.2, 0) is 0 Å². The van der Waals surface area contributed by atoms with Gasteiger partial charge in [-0.3, -0.25) is 4.79 Å². The standard InChI is InChI=1S/C16H21NO/c1-12-2-7-16(15(8-12)11-18)17(9-13-3-4-13)10-14-5-6-14/h2,7-8,11,13-14H,3-6,9-10H2,1H3. The largest absolute Gasteiger partial charge is 0.370 e. The molecule has 0 amide bonds. The molecule has 0 radical (unpaired) electrons. The maximum absolute atomic E-state index is 11.3. The predicted molar refractivity (Wildman–Crippen MR) is 74.2 cm³/mol. The number of hydrogen-bond donors (Lipinski definition) is 0. The Bertz CT molecular complexity index is 432. The van der Waals surface area contributed by atoms with Gasteiger partial charge in [-0.15, -0.1) is 0 Å². The minimum absolute atomic E-state index is 0.858. The molecule has 0 saturated heterocycles. The Labute approximate surface area is 109 Å². The highest BCUT2D eigenvalue weighted by Gasteiger charge is 2.30. The number of aryl methyl sites for hydroxylation is 1. The minimum atomic E-state index is 0.858. The first-order valence-corrected chi connectivity index (χ1v) is 7.07. The minimum Gasteiger partial charge on any atom is -0.370 e. The second-order valence-electron chi connectivity index (χ2n) is 5.97. The lowest BCUT2D eigenvalue weighted by atomic mass is 10.1. The highest BCUT2D eigenvalue weighted by Crippen LogP contribution is 2.36. The fourth-order valence-electron chi connectivity index (χ4n) is 2.55. The van der Waals surface area contributed by atoms with Crippen LogP contribution >= 0.6 is 0 Å². The van der Waals surface area contributed by atoms with Gasteiger partial charge in [0.1, 0.15) is 0 Å². The summed E-state index contributed by atoms with van der Waals surface area (Å²) in [6.07, 6.45) is 6.47. The van der Waals surface area contributed by atoms with Crippen LogP contribution in [0.4, 0.5) is 5.69 Å². The summed E-state index contributed by atoms with van der Waals surface area (Å²) in [5.41, 5.74) is 3.17. The number of nitrogens with zero attached hydrogens (tertiary/aromatic N) is 1. The van der Waals surface area contributed by atoms with Gasteiger partial charge in [-0.2, -0.15) is 0 Å². The molecule has 2 aliphatic rings. The van der Waals surface area contributed by atoms with E-state index < -0.39 is 0 Å². The topological polar surface area (TPSA) is 20.3 Å². The first-order valence-electron chi connectivity index (χ1n) is 7.07. The molecule has 2 heteroatoms. The molecular weight excluding hydrogens is 222 g/mol. The van der Waals surface area contributed by atoms with Gasteiger partial charge >= 0.3 is 0 Å². The van der Waals surface area contributed by atoms with Crippen LogP contribution in [0.1, 0.15) is 41.6 Å². The number of aldehydes is 1. The van der Waals surface area contributed by atoms with E-state index >= 15 is 0 Å². The molecule has 3 rings (SSSR count). The molecule has 96 valence electrons. The van der Waals surface area contributed by atoms with Crippen LogP contribution in [0.5, 0.6) is 0 Å². The van der Waals surface area contributed by atoms with Crippen molar-refractivity contribution in [2.24, 2.45) is 11.8 Å². The molecule has 0 aliphatic heterocycles. The van der Waals surface area contributed by atoms with Crippen LogP contribution in [0.3, 0.4) is 0 Å². The van der Waals surface area contributed by atoms with Gasteiger partial charge in [0.15, 0.2) is 6.29 Å². The molecule has 1 aromatic rings. The molecule has 2 aliphatic carbocycles. The summed E-state index contributed by atoms with van der Waals surface area (Å²) in [5, 5.41) is 0. The highest BCUT2D eigenvalue weighted by molar-refractivity contribution is 5.85. The molecule has 2 saturated carbocycles. The molecule has 2 nitrogen and oxygen atoms in total. The van der Waals surface area contributed by atoms with E-state index in [9.17, 15) is 4.79 Å². The number of hydrogen-bond acceptors (Lipinski definition) is 2. The first kappa shape index (κ1) is 11.8. The summed E-state index contributed by atoms with van der Waals surface area (Å²) < 4.78 is 0. The van der Waals surface area contributed by atoms with Crippen LogP contribution in [0.2, 0.25) is 0 Å². The number of rotatable bonds is 6. The van der Waals surface area contributed by atoms with Gasteiger partial charge in [-0.1, -0.05) is 11.6 Å². The van der Waals surface area contributed by atoms with E-state index in [0.717, 1.165) is 42.5 Å². The van der Waals surface area contributed by atoms with Gasteiger partial charge in [0.25, 0.3) is 0 Å². The molecular formula is C16H21NO. The van der Waals surface area contributed by atoms with Gasteiger partial charge in [-0.05, 0) is 56.6 Å². The Morgan fingerprint density at radius 3 is 2.28 bits per heavy atom. The third kappa shape index (κ3) is 2.74. The normalized spacial score (nSPS) is 18.7. The van der Waals surface area contributed by atoms with Gasteiger partial charge < -0.3 is 4.90 Å². The fourth-order valence-corrected chi connectivity index (χ4v) is 2.55. The van der Waals surface area contributed by atoms with Gasteiger partial charge in [-0.25, -0.2) is 0 Å². The lowest BCUT2D eigenvalue weighted by Crippen LogP contribution is -2.29. The first-order chi connectivity index (χ1) is 8.76. The number of carbonyl (C=O) groups is 1. The zero-order valence-corrected chi connectivity index (χ0v) is 11.1. The Kier molecular flexibility index (Phi) is 3.11. The molecule has 1 aromatic carbocycles. The summed E-state index contributed by atoms with van der Waals surface area (Å²) in [6, 6.07) is 6.26. The van der Waals surface area contributed by atoms with E-state index in [-0.39, 0.29) is 0 Å². The van der Waals surface area contributed by atoms with Crippen molar-refractivity contribution in [1.82, 2.24) is 0 Å². The van der Waals surface area contributed by atoms with Crippen molar-refractivity contribution in [1.29, 1.82) is 0 Å². The summed E-state index contributed by atoms with van der Waals surface area (Å²) in [5.74, 6) is 1.73. The summed E-state index contributed by atoms with van der Waals surface area (Å²) >= 11 is 0. The molecule has 0 atom stereocenters. The smallest absolute Gasteiger partial charge is 0.152 e. The van der Waals surface area contributed by atoms with Crippen molar-refractivity contribution >= 4 is 12.0 Å². The third-order valence-electron chi connectivity index (χ3n) is 4.00. The molecule has 0 unspecified atom stereocenters. The highest BCUT2D eigenvalue weighted by atomic mass is 16.1. The molecule has 0 bridgehead atoms. The van der Waals surface area contributed by atoms with E-state index in [1.807, 2.05) is 13.0 Å². The van der Waals surface area contributed by atoms with Crippen LogP contribution in [0.25, 0.3) is 0 Å². The average molecular weight is 243 g/mol. The van der Waals surface area contributed by atoms with E-state index in [4.69, 9.17) is 0 Å². The van der Waals surface area contributed by atoms with Crippen LogP contribution in [-0.4, -0.2) is 19.4 Å². The zero-order valence-electron chi connectivity index (χ0n) is 11.1. The van der Waals surface area contributed by atoms with Crippen LogP contribution < -0.4 is 4.90 Å². The van der Waals surface area contributed by atoms with Crippen molar-refractivity contribution in [3.05, 3.63) is 29.3 Å². The Morgan fingerprint density at radius 2 is 1.78 bits per heavy atom. The fraction of sp³-hybridized carbons (Fsp3) is 0.562. The summed E-state index contributed by atoms with van der Waals surface area (Å²) in [6.45, 7) is 4.32. The Hall–Kier alpha value is -1.31. The second kappa shape index (κ2) is 4.75. The average Bonchev–Trinajstić information content (AvgIpc) is 3.23. The van der Waals surface area contributed by atoms with Crippen molar-refractivity contribution in [3.63, 3.8) is 0 Å². The predicted octanol–water partition coefficient (Wildman–Crippen LogP) is 3.43. The van der Waals surface area contributed by atoms with E-state index in [1.54, 1.807) is 0 Å². The van der Waals surface area contributed by atoms with E-state index in [2.05, 4.69) is 17.0 Å². The zero-order chi connectivity index (χ0) is 12.5. The third-order valence-corrected chi connectivity index (χ3v) is 4.00. The molecule has 0 N–H and O–H groups in total. The van der Waals surface area contributed by atoms with Crippen molar-refractivity contribution in [2.45, 2.75) is 32.6 Å². The maximum Gasteiger partial charge on any atom is 0.152 e. The summed E-state index contributed by atoms with van der Waals surface area (Å²) in [4.78, 5) is 13.7. The van der Waals surface area contributed by atoms with E-state index in [0.29, 0.717) is 0 Å². The quantitative estimate of drug-likeness (QED) is 0.713. The molecule has 2 fully saturated rings. The monoisotopic (exact) mass is 243 g/mol. The van der Waals surface area contributed by atoms with Crippen LogP contribution in [0, 0.1) is 18.8 Å². The molecule has 0 aromatic heterocycles. The SMILES string of the molecule is Cc1ccc(N(CC2CC2)CC2CC2)c(C=O)c1. The summed E-state index contributed by atoms with van der Waals surface area (Å²) in [7, 11) is 0. The van der Waals surface area contributed by atoms with Crippen molar-refractivity contribution < 1.29 is 4.79 Å². The lowest BCUT2D eigenvalue weighted by Gasteiger charge is -2.26. The Balaban J connectivity index is 1.83. The number of anilines is 1. The number of benzene rings is 1. The van der Waals surface area contributed by atoms with Crippen LogP contribution in [0.15, 0.2) is 18.2 Å². The lowest BCUT2D eigenvalue weighted by molar-refractivity contribution is 0.112. The van der Waals surface area contributed by atoms with Gasteiger partial charge in [0.2, 0.25) is 0 Å². The molecule has 18 heavy (non-hydrogen) atoms.